The SMILES string of the molecule is Cc1cc(C)c2c3c(n(Cc4ccc(C(C(=O)N[C@@H](CO)c5ccccc5)C5CCCC5)cc4)c2c1)CCCC3. The summed E-state index contributed by atoms with van der Waals surface area (Å²) >= 11 is 0. The number of aliphatic hydroxyl groups excluding tert-OH is 1. The maximum absolute atomic E-state index is 13.8. The molecule has 0 bridgehead atoms. The average Bonchev–Trinajstić information content (AvgIpc) is 3.60. The van der Waals surface area contributed by atoms with Crippen molar-refractivity contribution in [2.75, 3.05) is 6.61 Å². The van der Waals surface area contributed by atoms with Crippen molar-refractivity contribution in [1.82, 2.24) is 9.88 Å². The lowest BCUT2D eigenvalue weighted by Crippen LogP contribution is -2.37. The molecule has 0 saturated heterocycles. The summed E-state index contributed by atoms with van der Waals surface area (Å²) < 4.78 is 2.56. The zero-order valence-electron chi connectivity index (χ0n) is 24.0. The second-order valence-corrected chi connectivity index (χ2v) is 12.1. The quantitative estimate of drug-likeness (QED) is 0.249. The smallest absolute Gasteiger partial charge is 0.228 e. The molecule has 1 heterocycles. The highest BCUT2D eigenvalue weighted by Crippen LogP contribution is 2.39. The topological polar surface area (TPSA) is 54.3 Å². The van der Waals surface area contributed by atoms with E-state index in [1.54, 1.807) is 5.56 Å². The molecule has 2 atom stereocenters. The third-order valence-electron chi connectivity index (χ3n) is 9.35. The van der Waals surface area contributed by atoms with Gasteiger partial charge in [0.25, 0.3) is 0 Å². The van der Waals surface area contributed by atoms with Gasteiger partial charge in [0.2, 0.25) is 5.91 Å². The second-order valence-electron chi connectivity index (χ2n) is 12.1. The predicted molar refractivity (Wildman–Crippen MR) is 163 cm³/mol. The van der Waals surface area contributed by atoms with Gasteiger partial charge in [-0.05, 0) is 97.7 Å². The molecule has 2 N–H and O–H groups in total. The standard InChI is InChI=1S/C36H42N2O2/c1-24-20-25(2)34-30-14-8-9-15-32(30)38(33(34)21-24)22-26-16-18-29(19-17-26)35(28-12-6-7-13-28)36(40)37-31(23-39)27-10-4-3-5-11-27/h3-5,10-11,16-21,28,31,35,39H,6-9,12-15,22-23H2,1-2H3,(H,37,40)/t31-,35?/m0/s1. The van der Waals surface area contributed by atoms with Gasteiger partial charge in [0.05, 0.1) is 18.6 Å². The van der Waals surface area contributed by atoms with E-state index in [1.165, 1.54) is 65.4 Å². The second kappa shape index (κ2) is 11.6. The molecule has 40 heavy (non-hydrogen) atoms. The van der Waals surface area contributed by atoms with Crippen molar-refractivity contribution in [2.24, 2.45) is 5.92 Å². The molecule has 0 aliphatic heterocycles. The number of amides is 1. The van der Waals surface area contributed by atoms with E-state index in [4.69, 9.17) is 0 Å². The highest BCUT2D eigenvalue weighted by molar-refractivity contribution is 5.89. The lowest BCUT2D eigenvalue weighted by Gasteiger charge is -2.26. The van der Waals surface area contributed by atoms with Gasteiger partial charge in [-0.15, -0.1) is 0 Å². The number of benzene rings is 3. The van der Waals surface area contributed by atoms with Gasteiger partial charge in [-0.3, -0.25) is 4.79 Å². The van der Waals surface area contributed by atoms with Crippen LogP contribution in [0.3, 0.4) is 0 Å². The average molecular weight is 535 g/mol. The molecular formula is C36H42N2O2. The van der Waals surface area contributed by atoms with E-state index in [0.717, 1.165) is 36.9 Å². The molecule has 0 radical (unpaired) electrons. The van der Waals surface area contributed by atoms with Crippen LogP contribution in [-0.2, 0) is 24.2 Å². The summed E-state index contributed by atoms with van der Waals surface area (Å²) in [6, 6.07) is 22.9. The fraction of sp³-hybridized carbons (Fsp3) is 0.417. The van der Waals surface area contributed by atoms with Crippen LogP contribution in [0.15, 0.2) is 66.7 Å². The van der Waals surface area contributed by atoms with Crippen molar-refractivity contribution in [3.05, 3.63) is 106 Å². The summed E-state index contributed by atoms with van der Waals surface area (Å²) in [4.78, 5) is 13.8. The molecule has 4 nitrogen and oxygen atoms in total. The number of nitrogens with one attached hydrogen (secondary N) is 1. The highest BCUT2D eigenvalue weighted by Gasteiger charge is 2.33. The number of aliphatic hydroxyl groups is 1. The number of aryl methyl sites for hydroxylation is 3. The minimum Gasteiger partial charge on any atom is -0.394 e. The number of carbonyl (C=O) groups excluding carboxylic acids is 1. The minimum atomic E-state index is -0.392. The van der Waals surface area contributed by atoms with Crippen LogP contribution < -0.4 is 5.32 Å². The first-order chi connectivity index (χ1) is 19.5. The summed E-state index contributed by atoms with van der Waals surface area (Å²) in [6.45, 7) is 5.21. The molecule has 2 aliphatic carbocycles. The number of hydrogen-bond donors (Lipinski definition) is 2. The molecule has 1 saturated carbocycles. The minimum absolute atomic E-state index is 0.0268. The van der Waals surface area contributed by atoms with Crippen LogP contribution in [0.4, 0.5) is 0 Å². The fourth-order valence-electron chi connectivity index (χ4n) is 7.46. The first-order valence-corrected chi connectivity index (χ1v) is 15.2. The Labute approximate surface area is 238 Å². The number of carbonyl (C=O) groups is 1. The van der Waals surface area contributed by atoms with Crippen molar-refractivity contribution >= 4 is 16.8 Å². The number of aromatic nitrogens is 1. The van der Waals surface area contributed by atoms with Crippen LogP contribution in [0.5, 0.6) is 0 Å². The maximum atomic E-state index is 13.8. The van der Waals surface area contributed by atoms with Crippen LogP contribution in [0.25, 0.3) is 10.9 Å². The van der Waals surface area contributed by atoms with Gasteiger partial charge in [-0.1, -0.05) is 73.5 Å². The Bertz CT molecular complexity index is 1480. The number of nitrogens with zero attached hydrogens (tertiary/aromatic N) is 1. The zero-order chi connectivity index (χ0) is 27.6. The lowest BCUT2D eigenvalue weighted by atomic mass is 9.83. The van der Waals surface area contributed by atoms with Crippen molar-refractivity contribution in [1.29, 1.82) is 0 Å². The van der Waals surface area contributed by atoms with E-state index < -0.39 is 6.04 Å². The Balaban J connectivity index is 1.28. The first kappa shape index (κ1) is 26.8. The van der Waals surface area contributed by atoms with Gasteiger partial charge >= 0.3 is 0 Å². The van der Waals surface area contributed by atoms with E-state index in [9.17, 15) is 9.90 Å². The summed E-state index contributed by atoms with van der Waals surface area (Å²) in [7, 11) is 0. The van der Waals surface area contributed by atoms with Crippen LogP contribution in [0.2, 0.25) is 0 Å². The molecule has 208 valence electrons. The Morgan fingerprint density at radius 3 is 2.38 bits per heavy atom. The Kier molecular flexibility index (Phi) is 7.80. The normalized spacial score (nSPS) is 17.1. The molecule has 1 fully saturated rings. The summed E-state index contributed by atoms with van der Waals surface area (Å²) in [5, 5.41) is 14.7. The van der Waals surface area contributed by atoms with E-state index in [1.807, 2.05) is 30.3 Å². The van der Waals surface area contributed by atoms with Gasteiger partial charge < -0.3 is 15.0 Å². The predicted octanol–water partition coefficient (Wildman–Crippen LogP) is 7.31. The highest BCUT2D eigenvalue weighted by atomic mass is 16.3. The first-order valence-electron chi connectivity index (χ1n) is 15.2. The lowest BCUT2D eigenvalue weighted by molar-refractivity contribution is -0.124. The van der Waals surface area contributed by atoms with Gasteiger partial charge in [-0.2, -0.15) is 0 Å². The Hall–Kier alpha value is -3.37. The number of fused-ring (bicyclic) bond motifs is 3. The molecule has 0 spiro atoms. The monoisotopic (exact) mass is 534 g/mol. The van der Waals surface area contributed by atoms with Gasteiger partial charge in [-0.25, -0.2) is 0 Å². The van der Waals surface area contributed by atoms with E-state index >= 15 is 0 Å². The molecule has 3 aromatic carbocycles. The molecule has 2 aliphatic rings. The molecule has 4 aromatic rings. The molecule has 1 amide bonds. The maximum Gasteiger partial charge on any atom is 0.228 e. The van der Waals surface area contributed by atoms with Crippen LogP contribution in [0, 0.1) is 19.8 Å². The van der Waals surface area contributed by atoms with E-state index in [-0.39, 0.29) is 18.4 Å². The van der Waals surface area contributed by atoms with Crippen LogP contribution >= 0.6 is 0 Å². The van der Waals surface area contributed by atoms with Crippen molar-refractivity contribution in [3.63, 3.8) is 0 Å². The van der Waals surface area contributed by atoms with Gasteiger partial charge in [0.1, 0.15) is 0 Å². The summed E-state index contributed by atoms with van der Waals surface area (Å²) in [5.74, 6) is 0.172. The van der Waals surface area contributed by atoms with Gasteiger partial charge in [0, 0.05) is 23.1 Å². The van der Waals surface area contributed by atoms with Crippen molar-refractivity contribution < 1.29 is 9.90 Å². The Morgan fingerprint density at radius 1 is 0.925 bits per heavy atom. The molecule has 4 heteroatoms. The van der Waals surface area contributed by atoms with Crippen LogP contribution in [-0.4, -0.2) is 22.2 Å². The Morgan fingerprint density at radius 2 is 1.65 bits per heavy atom. The third kappa shape index (κ3) is 5.22. The molecular weight excluding hydrogens is 492 g/mol. The van der Waals surface area contributed by atoms with E-state index in [0.29, 0.717) is 5.92 Å². The van der Waals surface area contributed by atoms with E-state index in [2.05, 4.69) is 60.1 Å². The summed E-state index contributed by atoms with van der Waals surface area (Å²) in [5.41, 5.74) is 10.4. The van der Waals surface area contributed by atoms with Crippen molar-refractivity contribution in [2.45, 2.75) is 83.7 Å². The molecule has 1 aromatic heterocycles. The van der Waals surface area contributed by atoms with Crippen LogP contribution in [0.1, 0.15) is 89.6 Å². The van der Waals surface area contributed by atoms with Gasteiger partial charge in [0.15, 0.2) is 0 Å². The molecule has 6 rings (SSSR count). The summed E-state index contributed by atoms with van der Waals surface area (Å²) in [6.07, 6.45) is 9.38. The number of rotatable bonds is 8. The zero-order valence-corrected chi connectivity index (χ0v) is 24.0. The molecule has 1 unspecified atom stereocenters. The third-order valence-corrected chi connectivity index (χ3v) is 9.35. The van der Waals surface area contributed by atoms with Crippen molar-refractivity contribution in [3.8, 4) is 0 Å². The number of hydrogen-bond acceptors (Lipinski definition) is 2. The fourth-order valence-corrected chi connectivity index (χ4v) is 7.46. The largest absolute Gasteiger partial charge is 0.394 e.